The highest BCUT2D eigenvalue weighted by Gasteiger charge is 2.35. The lowest BCUT2D eigenvalue weighted by Gasteiger charge is -2.24. The van der Waals surface area contributed by atoms with E-state index in [4.69, 9.17) is 23.3 Å². The number of phosphoric acid groups is 1. The van der Waals surface area contributed by atoms with E-state index in [0.29, 0.717) is 42.5 Å². The van der Waals surface area contributed by atoms with Crippen LogP contribution < -0.4 is 0 Å². The van der Waals surface area contributed by atoms with E-state index in [-0.39, 0.29) is 26.1 Å². The Balaban J connectivity index is 2.34. The molecule has 0 radical (unpaired) electrons. The molecule has 1 aliphatic heterocycles. The second kappa shape index (κ2) is 32.7. The first kappa shape index (κ1) is 50.7. The molecule has 0 aromatic rings. The van der Waals surface area contributed by atoms with E-state index in [1.165, 1.54) is 32.1 Å². The zero-order valence-electron chi connectivity index (χ0n) is 35.1. The van der Waals surface area contributed by atoms with Gasteiger partial charge in [-0.15, -0.1) is 0 Å². The number of hydrogen-bond donors (Lipinski definition) is 1. The van der Waals surface area contributed by atoms with Gasteiger partial charge in [0.25, 0.3) is 0 Å². The molecule has 1 heterocycles. The third kappa shape index (κ3) is 33.5. The van der Waals surface area contributed by atoms with Crippen molar-refractivity contribution in [1.29, 1.82) is 0 Å². The Morgan fingerprint density at radius 3 is 1.84 bits per heavy atom. The number of quaternary nitrogens is 1. The molecule has 11 heteroatoms. The molecule has 4 atom stereocenters. The lowest BCUT2D eigenvalue weighted by atomic mass is 10.1. The molecule has 0 amide bonds. The molecule has 1 rings (SSSR count). The van der Waals surface area contributed by atoms with Gasteiger partial charge in [-0.05, 0) is 77.0 Å². The van der Waals surface area contributed by atoms with Crippen LogP contribution in [0.1, 0.15) is 142 Å². The van der Waals surface area contributed by atoms with Gasteiger partial charge in [-0.2, -0.15) is 0 Å². The normalized spacial score (nSPS) is 17.9. The predicted octanol–water partition coefficient (Wildman–Crippen LogP) is 10.7. The minimum absolute atomic E-state index is 0.0152. The molecule has 1 N–H and O–H groups in total. The van der Waals surface area contributed by atoms with Crippen LogP contribution in [0.4, 0.5) is 0 Å². The molecule has 0 bridgehead atoms. The van der Waals surface area contributed by atoms with Crippen molar-refractivity contribution < 1.29 is 46.8 Å². The molecule has 1 fully saturated rings. The number of esters is 2. The number of carbonyl (C=O) groups excluding carboxylic acids is 2. The number of nitrogens with zero attached hydrogens (tertiary/aromatic N) is 1. The molecule has 1 saturated heterocycles. The van der Waals surface area contributed by atoms with E-state index in [9.17, 15) is 19.0 Å². The van der Waals surface area contributed by atoms with Gasteiger partial charge in [0, 0.05) is 12.8 Å². The highest BCUT2D eigenvalue weighted by atomic mass is 31.2. The zero-order chi connectivity index (χ0) is 40.5. The molecule has 0 aromatic heterocycles. The van der Waals surface area contributed by atoms with Crippen LogP contribution in [0.5, 0.6) is 0 Å². The quantitative estimate of drug-likeness (QED) is 0.0165. The average Bonchev–Trinajstić information content (AvgIpc) is 3.91. The Hall–Kier alpha value is -2.33. The fraction of sp³-hybridized carbons (Fsp3) is 0.727. The van der Waals surface area contributed by atoms with Crippen molar-refractivity contribution in [2.75, 3.05) is 47.5 Å². The number of rotatable bonds is 36. The Bertz CT molecular complexity index is 1190. The maximum atomic E-state index is 12.7. The molecule has 55 heavy (non-hydrogen) atoms. The molecule has 4 unspecified atom stereocenters. The van der Waals surface area contributed by atoms with E-state index >= 15 is 0 Å². The smallest absolute Gasteiger partial charge is 0.462 e. The minimum atomic E-state index is -4.39. The van der Waals surface area contributed by atoms with Crippen LogP contribution in [0.3, 0.4) is 0 Å². The molecule has 0 aliphatic carbocycles. The zero-order valence-corrected chi connectivity index (χ0v) is 36.0. The van der Waals surface area contributed by atoms with Gasteiger partial charge in [0.1, 0.15) is 19.8 Å². The number of epoxide rings is 1. The molecular weight excluding hydrogens is 717 g/mol. The highest BCUT2D eigenvalue weighted by molar-refractivity contribution is 7.47. The SMILES string of the molecule is CCCCCC/C=C\CCCCCCCC(=O)OCC(COP(=O)(O)OCC[N+](C)(C)C)OC(=O)CCC/C=C\C/C=C\C/C=C\C/C=C\CC1OC1CC. The molecule has 0 spiro atoms. The summed E-state index contributed by atoms with van der Waals surface area (Å²) in [5.74, 6) is -0.887. The lowest BCUT2D eigenvalue weighted by molar-refractivity contribution is -0.870. The van der Waals surface area contributed by atoms with Crippen LogP contribution in [0.25, 0.3) is 0 Å². The van der Waals surface area contributed by atoms with Gasteiger partial charge in [-0.1, -0.05) is 113 Å². The maximum absolute atomic E-state index is 12.7. The van der Waals surface area contributed by atoms with Crippen LogP contribution in [-0.4, -0.2) is 87.1 Å². The first-order valence-electron chi connectivity index (χ1n) is 21.1. The maximum Gasteiger partial charge on any atom is 0.472 e. The third-order valence-corrected chi connectivity index (χ3v) is 9.99. The van der Waals surface area contributed by atoms with Crippen LogP contribution in [0.15, 0.2) is 60.8 Å². The second-order valence-electron chi connectivity index (χ2n) is 15.4. The van der Waals surface area contributed by atoms with Crippen LogP contribution in [-0.2, 0) is 37.4 Å². The first-order chi connectivity index (χ1) is 26.5. The van der Waals surface area contributed by atoms with Gasteiger partial charge in [-0.25, -0.2) is 4.57 Å². The number of carbonyl (C=O) groups is 2. The summed E-state index contributed by atoms with van der Waals surface area (Å²) in [7, 11) is 1.42. The molecule has 0 aromatic carbocycles. The van der Waals surface area contributed by atoms with E-state index in [1.54, 1.807) is 0 Å². The Morgan fingerprint density at radius 1 is 0.673 bits per heavy atom. The lowest BCUT2D eigenvalue weighted by Crippen LogP contribution is -2.37. The van der Waals surface area contributed by atoms with Gasteiger partial charge in [0.2, 0.25) is 0 Å². The first-order valence-corrected chi connectivity index (χ1v) is 22.6. The van der Waals surface area contributed by atoms with Crippen molar-refractivity contribution in [3.05, 3.63) is 60.8 Å². The Morgan fingerprint density at radius 2 is 1.22 bits per heavy atom. The van der Waals surface area contributed by atoms with Crippen molar-refractivity contribution in [2.24, 2.45) is 0 Å². The summed E-state index contributed by atoms with van der Waals surface area (Å²) >= 11 is 0. The van der Waals surface area contributed by atoms with Gasteiger partial charge in [-0.3, -0.25) is 18.6 Å². The van der Waals surface area contributed by atoms with Gasteiger partial charge in [0.05, 0.1) is 40.0 Å². The summed E-state index contributed by atoms with van der Waals surface area (Å²) in [4.78, 5) is 35.3. The number of hydrogen-bond acceptors (Lipinski definition) is 8. The average molecular weight is 795 g/mol. The van der Waals surface area contributed by atoms with E-state index in [0.717, 1.165) is 64.2 Å². The summed E-state index contributed by atoms with van der Waals surface area (Å²) in [6.07, 6.45) is 40.4. The number of likely N-dealkylation sites (N-methyl/N-ethyl adjacent to an activating group) is 1. The standard InChI is InChI=1S/C44H76NO9P/c1-6-8-9-10-11-12-13-15-19-22-25-28-31-34-43(46)50-38-40(39-52-55(48,49)51-37-36-45(3,4)5)53-44(47)35-32-29-26-23-20-17-14-16-18-21-24-27-30-33-42-41(7-2)54-42/h12-14,17-18,21,23,26-27,30,40-42H,6-11,15-16,19-20,22,24-25,28-29,31-39H2,1-5H3/p+1/b13-12-,17-14-,21-18-,26-23-,30-27-. The molecular formula is C44H77NO9P+. The van der Waals surface area contributed by atoms with Crippen LogP contribution >= 0.6 is 7.82 Å². The van der Waals surface area contributed by atoms with E-state index in [1.807, 2.05) is 27.2 Å². The van der Waals surface area contributed by atoms with Crippen LogP contribution in [0, 0.1) is 0 Å². The van der Waals surface area contributed by atoms with Gasteiger partial charge in [0.15, 0.2) is 6.10 Å². The summed E-state index contributed by atoms with van der Waals surface area (Å²) in [5.41, 5.74) is 0. The van der Waals surface area contributed by atoms with Crippen molar-refractivity contribution in [2.45, 2.75) is 161 Å². The van der Waals surface area contributed by atoms with E-state index in [2.05, 4.69) is 68.5 Å². The highest BCUT2D eigenvalue weighted by Crippen LogP contribution is 2.43. The number of ether oxygens (including phenoxy) is 3. The van der Waals surface area contributed by atoms with Crippen molar-refractivity contribution >= 4 is 19.8 Å². The fourth-order valence-electron chi connectivity index (χ4n) is 5.52. The molecule has 316 valence electrons. The summed E-state index contributed by atoms with van der Waals surface area (Å²) in [6.45, 7) is 4.20. The predicted molar refractivity (Wildman–Crippen MR) is 224 cm³/mol. The van der Waals surface area contributed by atoms with E-state index < -0.39 is 32.5 Å². The second-order valence-corrected chi connectivity index (χ2v) is 16.8. The number of unbranched alkanes of at least 4 members (excludes halogenated alkanes) is 10. The minimum Gasteiger partial charge on any atom is -0.462 e. The van der Waals surface area contributed by atoms with Crippen molar-refractivity contribution in [3.8, 4) is 0 Å². The monoisotopic (exact) mass is 795 g/mol. The molecule has 10 nitrogen and oxygen atoms in total. The number of phosphoric ester groups is 1. The Kier molecular flexibility index (Phi) is 30.2. The fourth-order valence-corrected chi connectivity index (χ4v) is 6.26. The Labute approximate surface area is 334 Å². The van der Waals surface area contributed by atoms with Gasteiger partial charge >= 0.3 is 19.8 Å². The summed E-state index contributed by atoms with van der Waals surface area (Å²) in [5, 5.41) is 0. The van der Waals surface area contributed by atoms with Crippen molar-refractivity contribution in [1.82, 2.24) is 0 Å². The van der Waals surface area contributed by atoms with Gasteiger partial charge < -0.3 is 23.6 Å². The summed E-state index contributed by atoms with van der Waals surface area (Å²) < 4.78 is 39.7. The van der Waals surface area contributed by atoms with Crippen LogP contribution in [0.2, 0.25) is 0 Å². The topological polar surface area (TPSA) is 121 Å². The third-order valence-electron chi connectivity index (χ3n) is 9.00. The number of allylic oxidation sites excluding steroid dienone is 9. The molecule has 0 saturated carbocycles. The molecule has 1 aliphatic rings. The largest absolute Gasteiger partial charge is 0.472 e. The summed E-state index contributed by atoms with van der Waals surface area (Å²) in [6, 6.07) is 0. The van der Waals surface area contributed by atoms with Crippen molar-refractivity contribution in [3.63, 3.8) is 0 Å².